The van der Waals surface area contributed by atoms with Gasteiger partial charge in [0, 0.05) is 27.7 Å². The smallest absolute Gasteiger partial charge is 0.149 e. The molecule has 0 aliphatic carbocycles. The van der Waals surface area contributed by atoms with Gasteiger partial charge >= 0.3 is 0 Å². The fourth-order valence-electron chi connectivity index (χ4n) is 3.72. The lowest BCUT2D eigenvalue weighted by Gasteiger charge is -2.12. The van der Waals surface area contributed by atoms with E-state index in [1.807, 2.05) is 36.4 Å². The van der Waals surface area contributed by atoms with Crippen molar-refractivity contribution in [3.8, 4) is 16.8 Å². The number of rotatable bonds is 5. The fraction of sp³-hybridized carbons (Fsp3) is 0.0769. The van der Waals surface area contributed by atoms with E-state index in [0.29, 0.717) is 5.02 Å². The zero-order valence-electron chi connectivity index (χ0n) is 16.9. The van der Waals surface area contributed by atoms with Crippen LogP contribution in [0.3, 0.4) is 0 Å². The molecule has 0 saturated heterocycles. The van der Waals surface area contributed by atoms with E-state index in [1.54, 1.807) is 18.1 Å². The third-order valence-electron chi connectivity index (χ3n) is 5.30. The fourth-order valence-corrected chi connectivity index (χ4v) is 4.90. The maximum atomic E-state index is 6.12. The topological polar surface area (TPSA) is 30.7 Å². The molecule has 0 radical (unpaired) electrons. The van der Waals surface area contributed by atoms with Gasteiger partial charge in [0.05, 0.1) is 5.39 Å². The zero-order chi connectivity index (χ0) is 21.2. The van der Waals surface area contributed by atoms with E-state index in [4.69, 9.17) is 16.6 Å². The molecule has 5 aromatic rings. The molecule has 0 bridgehead atoms. The molecule has 0 N–H and O–H groups in total. The number of halogens is 1. The first-order valence-corrected chi connectivity index (χ1v) is 11.4. The molecule has 5 rings (SSSR count). The minimum atomic E-state index is 0.266. The van der Waals surface area contributed by atoms with Gasteiger partial charge in [-0.1, -0.05) is 84.0 Å². The van der Waals surface area contributed by atoms with Crippen molar-refractivity contribution >= 4 is 34.4 Å². The van der Waals surface area contributed by atoms with Crippen molar-refractivity contribution in [3.63, 3.8) is 0 Å². The Kier molecular flexibility index (Phi) is 5.49. The van der Waals surface area contributed by atoms with E-state index in [1.165, 1.54) is 5.56 Å². The Hall–Kier alpha value is -3.08. The van der Waals surface area contributed by atoms with E-state index in [0.717, 1.165) is 32.9 Å². The van der Waals surface area contributed by atoms with Gasteiger partial charge in [-0.05, 0) is 42.3 Å². The van der Waals surface area contributed by atoms with E-state index < -0.39 is 0 Å². The van der Waals surface area contributed by atoms with Crippen LogP contribution in [-0.4, -0.2) is 14.5 Å². The van der Waals surface area contributed by atoms with Crippen molar-refractivity contribution in [1.29, 1.82) is 0 Å². The first kappa shape index (κ1) is 19.9. The Labute approximate surface area is 190 Å². The zero-order valence-corrected chi connectivity index (χ0v) is 18.5. The van der Waals surface area contributed by atoms with E-state index in [9.17, 15) is 0 Å². The Morgan fingerprint density at radius 3 is 2.23 bits per heavy atom. The van der Waals surface area contributed by atoms with Gasteiger partial charge in [-0.15, -0.1) is 0 Å². The average Bonchev–Trinajstić information content (AvgIpc) is 3.21. The largest absolute Gasteiger partial charge is 0.301 e. The first-order chi connectivity index (χ1) is 15.2. The summed E-state index contributed by atoms with van der Waals surface area (Å²) in [6.45, 7) is 2.21. The van der Waals surface area contributed by atoms with Gasteiger partial charge in [-0.25, -0.2) is 9.97 Å². The molecule has 0 fully saturated rings. The Balaban J connectivity index is 1.69. The molecule has 0 spiro atoms. The lowest BCUT2D eigenvalue weighted by Crippen LogP contribution is -1.95. The molecule has 2 aromatic heterocycles. The van der Waals surface area contributed by atoms with Crippen molar-refractivity contribution in [3.05, 3.63) is 108 Å². The van der Waals surface area contributed by atoms with E-state index in [2.05, 4.69) is 71.2 Å². The van der Waals surface area contributed by atoms with Crippen LogP contribution in [0.15, 0.2) is 102 Å². The first-order valence-electron chi connectivity index (χ1n) is 10.1. The van der Waals surface area contributed by atoms with E-state index in [-0.39, 0.29) is 5.25 Å². The standard InChI is InChI=1S/C26H20ClN3S/c1-18(19-8-4-2-5-9-19)31-26-24-23(20-10-6-3-7-11-20)16-30(25(24)28-17-29-26)22-14-12-21(27)13-15-22/h2-18H,1H3. The van der Waals surface area contributed by atoms with Crippen molar-refractivity contribution < 1.29 is 0 Å². The highest BCUT2D eigenvalue weighted by Gasteiger charge is 2.19. The van der Waals surface area contributed by atoms with Gasteiger partial charge in [-0.3, -0.25) is 0 Å². The highest BCUT2D eigenvalue weighted by atomic mass is 35.5. The maximum Gasteiger partial charge on any atom is 0.149 e. The molecule has 31 heavy (non-hydrogen) atoms. The predicted octanol–water partition coefficient (Wildman–Crippen LogP) is 7.59. The van der Waals surface area contributed by atoms with Crippen LogP contribution in [-0.2, 0) is 0 Å². The highest BCUT2D eigenvalue weighted by Crippen LogP contribution is 2.41. The number of aromatic nitrogens is 3. The lowest BCUT2D eigenvalue weighted by atomic mass is 10.1. The predicted molar refractivity (Wildman–Crippen MR) is 130 cm³/mol. The summed E-state index contributed by atoms with van der Waals surface area (Å²) in [6.07, 6.45) is 3.80. The van der Waals surface area contributed by atoms with Gasteiger partial charge in [0.25, 0.3) is 0 Å². The second kappa shape index (κ2) is 8.58. The van der Waals surface area contributed by atoms with Crippen LogP contribution in [0.2, 0.25) is 5.02 Å². The Morgan fingerprint density at radius 1 is 0.839 bits per heavy atom. The van der Waals surface area contributed by atoms with Crippen LogP contribution in [0.1, 0.15) is 17.7 Å². The molecule has 152 valence electrons. The number of hydrogen-bond acceptors (Lipinski definition) is 3. The monoisotopic (exact) mass is 441 g/mol. The third-order valence-corrected chi connectivity index (χ3v) is 6.71. The molecule has 0 amide bonds. The van der Waals surface area contributed by atoms with Crippen LogP contribution in [0.5, 0.6) is 0 Å². The maximum absolute atomic E-state index is 6.12. The van der Waals surface area contributed by atoms with Crippen LogP contribution >= 0.6 is 23.4 Å². The molecule has 0 aliphatic rings. The van der Waals surface area contributed by atoms with Crippen LogP contribution in [0, 0.1) is 0 Å². The second-order valence-electron chi connectivity index (χ2n) is 7.30. The summed E-state index contributed by atoms with van der Waals surface area (Å²) >= 11 is 7.88. The number of fused-ring (bicyclic) bond motifs is 1. The van der Waals surface area contributed by atoms with Crippen molar-refractivity contribution in [2.75, 3.05) is 0 Å². The van der Waals surface area contributed by atoms with Gasteiger partial charge in [-0.2, -0.15) is 0 Å². The van der Waals surface area contributed by atoms with E-state index >= 15 is 0 Å². The Bertz CT molecular complexity index is 1320. The molecule has 5 heteroatoms. The lowest BCUT2D eigenvalue weighted by molar-refractivity contribution is 1.03. The minimum absolute atomic E-state index is 0.266. The molecule has 1 atom stereocenters. The molecular weight excluding hydrogens is 422 g/mol. The summed E-state index contributed by atoms with van der Waals surface area (Å²) in [5, 5.41) is 3.03. The molecule has 1 unspecified atom stereocenters. The van der Waals surface area contributed by atoms with Crippen LogP contribution < -0.4 is 0 Å². The second-order valence-corrected chi connectivity index (χ2v) is 9.07. The SMILES string of the molecule is CC(Sc1ncnc2c1c(-c1ccccc1)cn2-c1ccc(Cl)cc1)c1ccccc1. The quantitative estimate of drug-likeness (QED) is 0.208. The van der Waals surface area contributed by atoms with Crippen molar-refractivity contribution in [2.24, 2.45) is 0 Å². The normalized spacial score (nSPS) is 12.2. The highest BCUT2D eigenvalue weighted by molar-refractivity contribution is 7.99. The molecule has 3 aromatic carbocycles. The van der Waals surface area contributed by atoms with Gasteiger partial charge < -0.3 is 4.57 Å². The summed E-state index contributed by atoms with van der Waals surface area (Å²) in [5.74, 6) is 0. The summed E-state index contributed by atoms with van der Waals surface area (Å²) in [4.78, 5) is 9.37. The molecule has 0 saturated carbocycles. The van der Waals surface area contributed by atoms with Crippen molar-refractivity contribution in [2.45, 2.75) is 17.2 Å². The summed E-state index contributed by atoms with van der Waals surface area (Å²) in [6, 6.07) is 28.8. The van der Waals surface area contributed by atoms with Crippen molar-refractivity contribution in [1.82, 2.24) is 14.5 Å². The van der Waals surface area contributed by atoms with Gasteiger partial charge in [0.1, 0.15) is 17.0 Å². The van der Waals surface area contributed by atoms with Crippen LogP contribution in [0.25, 0.3) is 27.8 Å². The number of thioether (sulfide) groups is 1. The number of hydrogen-bond donors (Lipinski definition) is 0. The molecule has 3 nitrogen and oxygen atoms in total. The summed E-state index contributed by atoms with van der Waals surface area (Å²) in [7, 11) is 0. The minimum Gasteiger partial charge on any atom is -0.301 e. The number of nitrogens with zero attached hydrogens (tertiary/aromatic N) is 3. The van der Waals surface area contributed by atoms with Gasteiger partial charge in [0.2, 0.25) is 0 Å². The summed E-state index contributed by atoms with van der Waals surface area (Å²) in [5.41, 5.74) is 5.44. The van der Waals surface area contributed by atoms with Crippen LogP contribution in [0.4, 0.5) is 0 Å². The van der Waals surface area contributed by atoms with Gasteiger partial charge in [0.15, 0.2) is 0 Å². The third kappa shape index (κ3) is 3.97. The number of benzene rings is 3. The summed E-state index contributed by atoms with van der Waals surface area (Å²) < 4.78 is 2.12. The Morgan fingerprint density at radius 2 is 1.52 bits per heavy atom. The molecule has 0 aliphatic heterocycles. The molecule has 2 heterocycles. The average molecular weight is 442 g/mol. The molecular formula is C26H20ClN3S.